The van der Waals surface area contributed by atoms with Crippen LogP contribution in [0.3, 0.4) is 0 Å². The van der Waals surface area contributed by atoms with Gasteiger partial charge in [-0.1, -0.05) is 5.10 Å². The third kappa shape index (κ3) is 2.83. The molecule has 1 amide bonds. The number of aromatic amines is 1. The van der Waals surface area contributed by atoms with Crippen molar-refractivity contribution in [2.75, 3.05) is 5.32 Å². The van der Waals surface area contributed by atoms with Gasteiger partial charge in [-0.25, -0.2) is 0 Å². The number of nitrogens with one attached hydrogen (secondary N) is 2. The molecule has 17 heavy (non-hydrogen) atoms. The van der Waals surface area contributed by atoms with Gasteiger partial charge in [0.05, 0.1) is 9.13 Å². The highest BCUT2D eigenvalue weighted by Crippen LogP contribution is 2.27. The van der Waals surface area contributed by atoms with Crippen molar-refractivity contribution in [2.24, 2.45) is 0 Å². The lowest BCUT2D eigenvalue weighted by Gasteiger charge is -2.06. The van der Waals surface area contributed by atoms with E-state index in [1.54, 1.807) is 12.1 Å². The van der Waals surface area contributed by atoms with E-state index in [1.165, 1.54) is 0 Å². The van der Waals surface area contributed by atoms with E-state index in [9.17, 15) is 9.90 Å². The Hall–Kier alpha value is -0.980. The van der Waals surface area contributed by atoms with Crippen LogP contribution in [-0.4, -0.2) is 31.6 Å². The molecule has 1 aromatic heterocycles. The summed E-state index contributed by atoms with van der Waals surface area (Å²) < 4.78 is 1.45. The molecule has 0 atom stereocenters. The molecule has 0 unspecified atom stereocenters. The second-order valence-corrected chi connectivity index (χ2v) is 5.38. The number of halogens is 2. The molecule has 2 rings (SSSR count). The maximum absolute atomic E-state index is 11.8. The minimum atomic E-state index is -0.486. The lowest BCUT2D eigenvalue weighted by atomic mass is 10.2. The van der Waals surface area contributed by atoms with Gasteiger partial charge in [0, 0.05) is 3.57 Å². The second-order valence-electron chi connectivity index (χ2n) is 2.97. The molecule has 2 aromatic rings. The Morgan fingerprint density at radius 1 is 1.41 bits per heavy atom. The lowest BCUT2D eigenvalue weighted by Crippen LogP contribution is -2.14. The van der Waals surface area contributed by atoms with Crippen LogP contribution in [0.15, 0.2) is 12.1 Å². The molecular formula is C8H5I2N5O2. The molecule has 0 fully saturated rings. The maximum Gasteiger partial charge on any atom is 0.270 e. The fourth-order valence-electron chi connectivity index (χ4n) is 1.12. The van der Waals surface area contributed by atoms with Crippen molar-refractivity contribution in [3.63, 3.8) is 0 Å². The van der Waals surface area contributed by atoms with E-state index in [0.717, 1.165) is 3.57 Å². The summed E-state index contributed by atoms with van der Waals surface area (Å²) in [6.45, 7) is 0. The number of tetrazole rings is 1. The summed E-state index contributed by atoms with van der Waals surface area (Å²) in [6, 6.07) is 3.34. The highest BCUT2D eigenvalue weighted by molar-refractivity contribution is 14.1. The van der Waals surface area contributed by atoms with Gasteiger partial charge < -0.3 is 5.11 Å². The third-order valence-electron chi connectivity index (χ3n) is 1.84. The molecule has 0 aliphatic carbocycles. The number of amides is 1. The monoisotopic (exact) mass is 457 g/mol. The highest BCUT2D eigenvalue weighted by Gasteiger charge is 2.16. The first-order valence-electron chi connectivity index (χ1n) is 4.30. The number of carbonyl (C=O) groups excluding carboxylic acids is 1. The van der Waals surface area contributed by atoms with E-state index < -0.39 is 5.91 Å². The molecule has 0 aliphatic heterocycles. The average Bonchev–Trinajstić information content (AvgIpc) is 2.76. The molecule has 1 heterocycles. The molecule has 1 aromatic carbocycles. The number of hydrogen-bond acceptors (Lipinski definition) is 5. The summed E-state index contributed by atoms with van der Waals surface area (Å²) >= 11 is 4.02. The van der Waals surface area contributed by atoms with Crippen LogP contribution in [0, 0.1) is 7.14 Å². The highest BCUT2D eigenvalue weighted by atomic mass is 127. The molecule has 9 heteroatoms. The van der Waals surface area contributed by atoms with Crippen molar-refractivity contribution in [1.29, 1.82) is 0 Å². The second kappa shape index (κ2) is 5.12. The molecule has 88 valence electrons. The quantitative estimate of drug-likeness (QED) is 0.592. The number of rotatable bonds is 2. The number of hydrogen-bond donors (Lipinski definition) is 3. The van der Waals surface area contributed by atoms with Gasteiger partial charge >= 0.3 is 0 Å². The summed E-state index contributed by atoms with van der Waals surface area (Å²) in [6.07, 6.45) is 0. The number of aromatic hydroxyl groups is 1. The number of H-pyrrole nitrogens is 1. The lowest BCUT2D eigenvalue weighted by molar-refractivity contribution is 0.102. The predicted molar refractivity (Wildman–Crippen MR) is 75.7 cm³/mol. The van der Waals surface area contributed by atoms with Crippen molar-refractivity contribution in [1.82, 2.24) is 20.6 Å². The van der Waals surface area contributed by atoms with Crippen molar-refractivity contribution < 1.29 is 9.90 Å². The zero-order valence-corrected chi connectivity index (χ0v) is 12.4. The van der Waals surface area contributed by atoms with Crippen molar-refractivity contribution >= 4 is 57.0 Å². The number of phenolic OH excluding ortho intramolecular Hbond substituents is 1. The number of carbonyl (C=O) groups is 1. The fourth-order valence-corrected chi connectivity index (χ4v) is 2.97. The van der Waals surface area contributed by atoms with Gasteiger partial charge in [-0.3, -0.25) is 10.1 Å². The zero-order chi connectivity index (χ0) is 12.4. The number of benzene rings is 1. The van der Waals surface area contributed by atoms with Gasteiger partial charge in [0.2, 0.25) is 0 Å². The molecular weight excluding hydrogens is 452 g/mol. The zero-order valence-electron chi connectivity index (χ0n) is 8.11. The van der Waals surface area contributed by atoms with Crippen LogP contribution in [0.2, 0.25) is 0 Å². The summed E-state index contributed by atoms with van der Waals surface area (Å²) in [7, 11) is 0. The molecule has 0 spiro atoms. The topological polar surface area (TPSA) is 104 Å². The smallest absolute Gasteiger partial charge is 0.270 e. The largest absolute Gasteiger partial charge is 0.506 e. The molecule has 7 nitrogen and oxygen atoms in total. The summed E-state index contributed by atoms with van der Waals surface area (Å²) in [4.78, 5) is 11.8. The van der Waals surface area contributed by atoms with E-state index in [4.69, 9.17) is 0 Å². The molecule has 0 aliphatic rings. The van der Waals surface area contributed by atoms with E-state index in [2.05, 4.69) is 48.5 Å². The first-order valence-corrected chi connectivity index (χ1v) is 6.46. The van der Waals surface area contributed by atoms with E-state index in [0.29, 0.717) is 3.57 Å². The van der Waals surface area contributed by atoms with Crippen molar-refractivity contribution in [2.45, 2.75) is 0 Å². The van der Waals surface area contributed by atoms with Crippen molar-refractivity contribution in [3.05, 3.63) is 24.8 Å². The normalized spacial score (nSPS) is 10.2. The molecule has 0 radical (unpaired) electrons. The average molecular weight is 457 g/mol. The van der Waals surface area contributed by atoms with Crippen LogP contribution in [0.4, 0.5) is 5.95 Å². The Labute approximate surface area is 123 Å². The number of aromatic nitrogens is 4. The maximum atomic E-state index is 11.8. The number of phenols is 1. The predicted octanol–water partition coefficient (Wildman–Crippen LogP) is 1.37. The van der Waals surface area contributed by atoms with Gasteiger partial charge in [-0.05, 0) is 62.5 Å². The van der Waals surface area contributed by atoms with Gasteiger partial charge in [0.25, 0.3) is 11.9 Å². The number of anilines is 1. The van der Waals surface area contributed by atoms with Crippen LogP contribution >= 0.6 is 45.2 Å². The van der Waals surface area contributed by atoms with Gasteiger partial charge in [0.15, 0.2) is 0 Å². The Morgan fingerprint density at radius 3 is 2.82 bits per heavy atom. The van der Waals surface area contributed by atoms with Crippen LogP contribution in [0.5, 0.6) is 5.75 Å². The molecule has 3 N–H and O–H groups in total. The van der Waals surface area contributed by atoms with E-state index in [1.807, 2.05) is 22.6 Å². The van der Waals surface area contributed by atoms with Crippen LogP contribution < -0.4 is 5.32 Å². The first-order chi connectivity index (χ1) is 8.08. The number of nitrogens with zero attached hydrogens (tertiary/aromatic N) is 3. The van der Waals surface area contributed by atoms with E-state index in [-0.39, 0.29) is 17.3 Å². The Balaban J connectivity index is 2.31. The summed E-state index contributed by atoms with van der Waals surface area (Å²) in [5.74, 6) is -0.490. The Morgan fingerprint density at radius 2 is 2.18 bits per heavy atom. The fraction of sp³-hybridized carbons (Fsp3) is 0. The van der Waals surface area contributed by atoms with Gasteiger partial charge in [-0.15, -0.1) is 5.10 Å². The third-order valence-corrected chi connectivity index (χ3v) is 3.29. The van der Waals surface area contributed by atoms with Gasteiger partial charge in [0.1, 0.15) is 5.75 Å². The van der Waals surface area contributed by atoms with Crippen LogP contribution in [0.1, 0.15) is 10.4 Å². The molecule has 0 bridgehead atoms. The standard InChI is InChI=1S/C8H5I2N5O2/c9-3-1-4(6(16)5(10)2-3)7(17)11-8-12-14-15-13-8/h1-2,16H,(H2,11,12,13,14,15,17). The molecule has 0 saturated carbocycles. The SMILES string of the molecule is O=C(Nc1nn[nH]n1)c1cc(I)cc(I)c1O. The summed E-state index contributed by atoms with van der Waals surface area (Å²) in [5.41, 5.74) is 0.172. The van der Waals surface area contributed by atoms with Crippen LogP contribution in [0.25, 0.3) is 0 Å². The van der Waals surface area contributed by atoms with Crippen LogP contribution in [-0.2, 0) is 0 Å². The Bertz CT molecular complexity index is 557. The first kappa shape index (κ1) is 12.5. The van der Waals surface area contributed by atoms with Crippen molar-refractivity contribution in [3.8, 4) is 5.75 Å². The summed E-state index contributed by atoms with van der Waals surface area (Å²) in [5, 5.41) is 24.9. The minimum Gasteiger partial charge on any atom is -0.506 e. The van der Waals surface area contributed by atoms with Gasteiger partial charge in [-0.2, -0.15) is 5.21 Å². The molecule has 0 saturated heterocycles. The van der Waals surface area contributed by atoms with E-state index >= 15 is 0 Å². The minimum absolute atomic E-state index is 0.0586. The Kier molecular flexibility index (Phi) is 3.76.